The van der Waals surface area contributed by atoms with Crippen LogP contribution in [0.5, 0.6) is 0 Å². The Bertz CT molecular complexity index is 519. The van der Waals surface area contributed by atoms with Gasteiger partial charge in [-0.2, -0.15) is 4.98 Å². The van der Waals surface area contributed by atoms with Gasteiger partial charge in [-0.3, -0.25) is 0 Å². The van der Waals surface area contributed by atoms with Crippen molar-refractivity contribution in [1.82, 2.24) is 10.1 Å². The summed E-state index contributed by atoms with van der Waals surface area (Å²) < 4.78 is 11.2. The fourth-order valence-corrected chi connectivity index (χ4v) is 3.19. The average molecular weight is 353 g/mol. The van der Waals surface area contributed by atoms with E-state index in [9.17, 15) is 0 Å². The van der Waals surface area contributed by atoms with E-state index in [1.165, 1.54) is 0 Å². The van der Waals surface area contributed by atoms with Gasteiger partial charge in [-0.15, -0.1) is 24.8 Å². The molecule has 2 atom stereocenters. The minimum atomic E-state index is -0.627. The number of nitrogens with zero attached hydrogens (tertiary/aromatic N) is 2. The minimum Gasteiger partial charge on any atom is -0.378 e. The van der Waals surface area contributed by atoms with Crippen LogP contribution < -0.4 is 11.5 Å². The SMILES string of the molecule is CCOC1CC(N)(c2nc(C3(N)CCC3)no2)C1(C)C.Cl.Cl. The van der Waals surface area contributed by atoms with E-state index in [1.807, 2.05) is 6.92 Å². The highest BCUT2D eigenvalue weighted by Crippen LogP contribution is 2.55. The van der Waals surface area contributed by atoms with Crippen LogP contribution in [0.2, 0.25) is 0 Å². The molecule has 0 saturated heterocycles. The first-order chi connectivity index (χ1) is 9.33. The molecule has 1 aromatic heterocycles. The van der Waals surface area contributed by atoms with Gasteiger partial charge in [-0.1, -0.05) is 19.0 Å². The third-order valence-corrected chi connectivity index (χ3v) is 5.33. The van der Waals surface area contributed by atoms with Crippen LogP contribution >= 0.6 is 24.8 Å². The van der Waals surface area contributed by atoms with Gasteiger partial charge in [0.1, 0.15) is 5.54 Å². The summed E-state index contributed by atoms with van der Waals surface area (Å²) in [4.78, 5) is 4.50. The Kier molecular flexibility index (Phi) is 5.58. The van der Waals surface area contributed by atoms with Crippen LogP contribution in [0, 0.1) is 5.41 Å². The average Bonchev–Trinajstić information content (AvgIpc) is 2.85. The number of rotatable bonds is 4. The second-order valence-electron chi connectivity index (χ2n) is 6.77. The highest BCUT2D eigenvalue weighted by Gasteiger charge is 2.62. The largest absolute Gasteiger partial charge is 0.378 e. The topological polar surface area (TPSA) is 100 Å². The van der Waals surface area contributed by atoms with Gasteiger partial charge in [-0.05, 0) is 26.2 Å². The summed E-state index contributed by atoms with van der Waals surface area (Å²) in [5.74, 6) is 1.09. The van der Waals surface area contributed by atoms with E-state index in [0.29, 0.717) is 24.7 Å². The lowest BCUT2D eigenvalue weighted by Gasteiger charge is -2.56. The van der Waals surface area contributed by atoms with Crippen molar-refractivity contribution in [3.8, 4) is 0 Å². The summed E-state index contributed by atoms with van der Waals surface area (Å²) in [5.41, 5.74) is 11.5. The molecule has 2 fully saturated rings. The van der Waals surface area contributed by atoms with Gasteiger partial charge in [0.25, 0.3) is 0 Å². The molecule has 8 heteroatoms. The normalized spacial score (nSPS) is 31.2. The first kappa shape index (κ1) is 19.6. The second kappa shape index (κ2) is 6.24. The monoisotopic (exact) mass is 352 g/mol. The fraction of sp³-hybridized carbons (Fsp3) is 0.857. The molecule has 128 valence electrons. The van der Waals surface area contributed by atoms with Crippen molar-refractivity contribution in [3.63, 3.8) is 0 Å². The molecule has 6 nitrogen and oxygen atoms in total. The molecule has 22 heavy (non-hydrogen) atoms. The first-order valence-electron chi connectivity index (χ1n) is 7.37. The van der Waals surface area contributed by atoms with Crippen molar-refractivity contribution in [2.24, 2.45) is 16.9 Å². The van der Waals surface area contributed by atoms with Gasteiger partial charge >= 0.3 is 0 Å². The smallest absolute Gasteiger partial charge is 0.247 e. The Morgan fingerprint density at radius 3 is 2.36 bits per heavy atom. The Hall–Kier alpha value is -0.400. The van der Waals surface area contributed by atoms with Crippen molar-refractivity contribution in [2.75, 3.05) is 6.61 Å². The summed E-state index contributed by atoms with van der Waals surface area (Å²) >= 11 is 0. The van der Waals surface area contributed by atoms with E-state index < -0.39 is 11.1 Å². The maximum Gasteiger partial charge on any atom is 0.247 e. The standard InChI is InChI=1S/C14H24N4O2.2ClH/c1-4-19-9-8-14(16,12(9,2)3)11-17-10(18-20-11)13(15)6-5-7-13;;/h9H,4-8,15-16H2,1-3H3;2*1H. The number of ether oxygens (including phenoxy) is 1. The fourth-order valence-electron chi connectivity index (χ4n) is 3.19. The minimum absolute atomic E-state index is 0. The molecule has 0 spiro atoms. The van der Waals surface area contributed by atoms with Crippen molar-refractivity contribution >= 4 is 24.8 Å². The van der Waals surface area contributed by atoms with Crippen molar-refractivity contribution in [3.05, 3.63) is 11.7 Å². The first-order valence-corrected chi connectivity index (χ1v) is 7.37. The van der Waals surface area contributed by atoms with E-state index >= 15 is 0 Å². The number of nitrogens with two attached hydrogens (primary N) is 2. The molecule has 0 amide bonds. The number of hydrogen-bond acceptors (Lipinski definition) is 6. The van der Waals surface area contributed by atoms with Crippen molar-refractivity contribution in [1.29, 1.82) is 0 Å². The van der Waals surface area contributed by atoms with Gasteiger partial charge in [0, 0.05) is 18.4 Å². The number of aromatic nitrogens is 2. The molecule has 2 aliphatic carbocycles. The van der Waals surface area contributed by atoms with Crippen LogP contribution in [-0.2, 0) is 15.8 Å². The van der Waals surface area contributed by atoms with Crippen LogP contribution in [0.3, 0.4) is 0 Å². The molecule has 3 rings (SSSR count). The molecule has 4 N–H and O–H groups in total. The van der Waals surface area contributed by atoms with Crippen LogP contribution in [0.25, 0.3) is 0 Å². The van der Waals surface area contributed by atoms with E-state index in [0.717, 1.165) is 19.3 Å². The molecule has 0 aliphatic heterocycles. The summed E-state index contributed by atoms with van der Waals surface area (Å²) in [5, 5.41) is 4.06. The molecule has 0 bridgehead atoms. The summed E-state index contributed by atoms with van der Waals surface area (Å²) in [6.07, 6.45) is 3.77. The molecule has 0 aromatic carbocycles. The quantitative estimate of drug-likeness (QED) is 0.861. The Labute approximate surface area is 143 Å². The maximum atomic E-state index is 6.52. The molecular formula is C14H26Cl2N4O2. The van der Waals surface area contributed by atoms with Gasteiger partial charge in [0.2, 0.25) is 5.89 Å². The van der Waals surface area contributed by atoms with Gasteiger partial charge in [0.05, 0.1) is 11.6 Å². The molecular weight excluding hydrogens is 327 g/mol. The van der Waals surface area contributed by atoms with Crippen LogP contribution in [-0.4, -0.2) is 22.9 Å². The van der Waals surface area contributed by atoms with E-state index in [4.69, 9.17) is 20.7 Å². The maximum absolute atomic E-state index is 6.52. The highest BCUT2D eigenvalue weighted by atomic mass is 35.5. The van der Waals surface area contributed by atoms with Gasteiger partial charge < -0.3 is 20.7 Å². The lowest BCUT2D eigenvalue weighted by molar-refractivity contribution is -0.162. The van der Waals surface area contributed by atoms with Crippen molar-refractivity contribution < 1.29 is 9.26 Å². The predicted octanol–water partition coefficient (Wildman–Crippen LogP) is 2.24. The third kappa shape index (κ3) is 2.55. The van der Waals surface area contributed by atoms with E-state index in [-0.39, 0.29) is 36.3 Å². The second-order valence-corrected chi connectivity index (χ2v) is 6.77. The Morgan fingerprint density at radius 1 is 1.27 bits per heavy atom. The molecule has 2 saturated carbocycles. The zero-order valence-electron chi connectivity index (χ0n) is 13.3. The molecule has 1 aromatic rings. The Morgan fingerprint density at radius 2 is 1.91 bits per heavy atom. The number of halogens is 2. The zero-order valence-corrected chi connectivity index (χ0v) is 14.9. The van der Waals surface area contributed by atoms with E-state index in [1.54, 1.807) is 0 Å². The zero-order chi connectivity index (χ0) is 14.6. The summed E-state index contributed by atoms with van der Waals surface area (Å²) in [6, 6.07) is 0. The van der Waals surface area contributed by atoms with Gasteiger partial charge in [0.15, 0.2) is 5.82 Å². The molecule has 2 unspecified atom stereocenters. The van der Waals surface area contributed by atoms with E-state index in [2.05, 4.69) is 24.0 Å². The lowest BCUT2D eigenvalue weighted by atomic mass is 9.54. The third-order valence-electron chi connectivity index (χ3n) is 5.33. The Balaban J connectivity index is 0.00000121. The van der Waals surface area contributed by atoms with Crippen molar-refractivity contribution in [2.45, 2.75) is 63.6 Å². The molecule has 0 radical (unpaired) electrons. The summed E-state index contributed by atoms with van der Waals surface area (Å²) in [7, 11) is 0. The highest BCUT2D eigenvalue weighted by molar-refractivity contribution is 5.85. The van der Waals surface area contributed by atoms with Crippen LogP contribution in [0.1, 0.15) is 58.2 Å². The van der Waals surface area contributed by atoms with Crippen LogP contribution in [0.4, 0.5) is 0 Å². The predicted molar refractivity (Wildman–Crippen MR) is 88.2 cm³/mol. The van der Waals surface area contributed by atoms with Gasteiger partial charge in [-0.25, -0.2) is 0 Å². The molecule has 1 heterocycles. The van der Waals surface area contributed by atoms with Crippen LogP contribution in [0.15, 0.2) is 4.52 Å². The number of hydrogen-bond donors (Lipinski definition) is 2. The summed E-state index contributed by atoms with van der Waals surface area (Å²) in [6.45, 7) is 6.85. The lowest BCUT2D eigenvalue weighted by Crippen LogP contribution is -2.67. The molecule has 2 aliphatic rings.